The highest BCUT2D eigenvalue weighted by molar-refractivity contribution is 7.89. The number of carbonyl (C=O) groups is 1. The minimum Gasteiger partial charge on any atom is -0.376 e. The first-order valence-electron chi connectivity index (χ1n) is 10.6. The number of carbonyl (C=O) groups excluding carboxylic acids is 1. The molecule has 0 aliphatic carbocycles. The number of sulfonamides is 1. The smallest absolute Gasteiger partial charge is 0.246 e. The lowest BCUT2D eigenvalue weighted by molar-refractivity contribution is -0.117. The zero-order chi connectivity index (χ0) is 21.3. The summed E-state index contributed by atoms with van der Waals surface area (Å²) in [6.07, 6.45) is 2.61. The first-order valence-corrected chi connectivity index (χ1v) is 12.2. The van der Waals surface area contributed by atoms with Crippen LogP contribution >= 0.6 is 0 Å². The molecule has 2 heterocycles. The molecule has 1 N–H and O–H groups in total. The van der Waals surface area contributed by atoms with Gasteiger partial charge < -0.3 is 10.2 Å². The number of benzene rings is 2. The Kier molecular flexibility index (Phi) is 5.84. The highest BCUT2D eigenvalue weighted by atomic mass is 32.2. The van der Waals surface area contributed by atoms with E-state index in [9.17, 15) is 13.2 Å². The summed E-state index contributed by atoms with van der Waals surface area (Å²) < 4.78 is 26.0. The van der Waals surface area contributed by atoms with E-state index in [1.54, 1.807) is 11.2 Å². The number of hydrogen-bond donors (Lipinski definition) is 1. The summed E-state index contributed by atoms with van der Waals surface area (Å²) in [4.78, 5) is 15.0. The third-order valence-corrected chi connectivity index (χ3v) is 8.04. The van der Waals surface area contributed by atoms with Gasteiger partial charge in [-0.05, 0) is 61.9 Å². The maximum absolute atomic E-state index is 13.1. The third kappa shape index (κ3) is 3.96. The maximum atomic E-state index is 13.1. The standard InChI is InChI=1S/C23H29N3O3S/c1-3-30(28,29)25-14-13-20-19(16-25)8-6-9-21(20)24-15-23(27)26-17(2)11-12-18-7-4-5-10-22(18)26/h4-10,17,24H,3,11-16H2,1-2H3/t17-/m0/s1. The van der Waals surface area contributed by atoms with Crippen molar-refractivity contribution in [2.75, 3.05) is 29.1 Å². The average Bonchev–Trinajstić information content (AvgIpc) is 2.76. The van der Waals surface area contributed by atoms with Gasteiger partial charge in [-0.2, -0.15) is 4.31 Å². The molecule has 0 saturated carbocycles. The Bertz CT molecular complexity index is 1050. The second-order valence-electron chi connectivity index (χ2n) is 8.06. The second kappa shape index (κ2) is 8.40. The Morgan fingerprint density at radius 1 is 1.10 bits per heavy atom. The van der Waals surface area contributed by atoms with Crippen LogP contribution in [0.4, 0.5) is 11.4 Å². The Morgan fingerprint density at radius 2 is 1.87 bits per heavy atom. The molecule has 2 aliphatic rings. The zero-order valence-electron chi connectivity index (χ0n) is 17.6. The number of fused-ring (bicyclic) bond motifs is 2. The second-order valence-corrected chi connectivity index (χ2v) is 10.3. The van der Waals surface area contributed by atoms with Crippen LogP contribution in [-0.4, -0.2) is 43.5 Å². The van der Waals surface area contributed by atoms with E-state index in [1.807, 2.05) is 41.3 Å². The Morgan fingerprint density at radius 3 is 2.67 bits per heavy atom. The first kappa shape index (κ1) is 20.9. The van der Waals surface area contributed by atoms with Gasteiger partial charge in [0.2, 0.25) is 15.9 Å². The molecule has 160 valence electrons. The third-order valence-electron chi connectivity index (χ3n) is 6.21. The highest BCUT2D eigenvalue weighted by Gasteiger charge is 2.29. The van der Waals surface area contributed by atoms with E-state index in [0.29, 0.717) is 19.5 Å². The van der Waals surface area contributed by atoms with E-state index in [1.165, 1.54) is 5.56 Å². The van der Waals surface area contributed by atoms with Crippen molar-refractivity contribution in [2.24, 2.45) is 0 Å². The maximum Gasteiger partial charge on any atom is 0.246 e. The highest BCUT2D eigenvalue weighted by Crippen LogP contribution is 2.31. The van der Waals surface area contributed by atoms with Crippen molar-refractivity contribution in [1.29, 1.82) is 0 Å². The molecule has 0 bridgehead atoms. The minimum absolute atomic E-state index is 0.0539. The zero-order valence-corrected chi connectivity index (χ0v) is 18.4. The molecule has 2 aliphatic heterocycles. The van der Waals surface area contributed by atoms with Crippen LogP contribution in [0.1, 0.15) is 37.0 Å². The number of aryl methyl sites for hydroxylation is 1. The molecule has 7 heteroatoms. The monoisotopic (exact) mass is 427 g/mol. The molecule has 2 aromatic carbocycles. The molecule has 0 saturated heterocycles. The van der Waals surface area contributed by atoms with Gasteiger partial charge in [0.25, 0.3) is 0 Å². The summed E-state index contributed by atoms with van der Waals surface area (Å²) in [5.41, 5.74) is 5.27. The topological polar surface area (TPSA) is 69.7 Å². The molecule has 4 rings (SSSR count). The van der Waals surface area contributed by atoms with Crippen LogP contribution in [0.3, 0.4) is 0 Å². The number of nitrogens with zero attached hydrogens (tertiary/aromatic N) is 2. The van der Waals surface area contributed by atoms with Gasteiger partial charge in [0, 0.05) is 30.5 Å². The fourth-order valence-electron chi connectivity index (χ4n) is 4.49. The van der Waals surface area contributed by atoms with Crippen LogP contribution in [-0.2, 0) is 34.2 Å². The summed E-state index contributed by atoms with van der Waals surface area (Å²) >= 11 is 0. The molecule has 0 fully saturated rings. The molecule has 0 aromatic heterocycles. The summed E-state index contributed by atoms with van der Waals surface area (Å²) in [5, 5.41) is 3.33. The van der Waals surface area contributed by atoms with Gasteiger partial charge in [-0.15, -0.1) is 0 Å². The van der Waals surface area contributed by atoms with Crippen LogP contribution in [0.15, 0.2) is 42.5 Å². The number of hydrogen-bond acceptors (Lipinski definition) is 4. The number of anilines is 2. The van der Waals surface area contributed by atoms with E-state index in [4.69, 9.17) is 0 Å². The van der Waals surface area contributed by atoms with Crippen LogP contribution in [0.5, 0.6) is 0 Å². The fraction of sp³-hybridized carbons (Fsp3) is 0.435. The van der Waals surface area contributed by atoms with Gasteiger partial charge in [0.05, 0.1) is 12.3 Å². The molecular formula is C23H29N3O3S. The lowest BCUT2D eigenvalue weighted by atomic mass is 9.96. The molecule has 2 aromatic rings. The van der Waals surface area contributed by atoms with Crippen molar-refractivity contribution in [2.45, 2.75) is 45.7 Å². The number of amides is 1. The van der Waals surface area contributed by atoms with Crippen molar-refractivity contribution in [3.05, 3.63) is 59.2 Å². The summed E-state index contributed by atoms with van der Waals surface area (Å²) in [5.74, 6) is 0.169. The van der Waals surface area contributed by atoms with Crippen molar-refractivity contribution >= 4 is 27.3 Å². The van der Waals surface area contributed by atoms with Gasteiger partial charge >= 0.3 is 0 Å². The van der Waals surface area contributed by atoms with Crippen LogP contribution in [0.2, 0.25) is 0 Å². The minimum atomic E-state index is -3.20. The van der Waals surface area contributed by atoms with E-state index in [0.717, 1.165) is 35.3 Å². The van der Waals surface area contributed by atoms with E-state index in [-0.39, 0.29) is 24.2 Å². The summed E-state index contributed by atoms with van der Waals surface area (Å²) in [6.45, 7) is 4.86. The van der Waals surface area contributed by atoms with Crippen molar-refractivity contribution in [3.63, 3.8) is 0 Å². The van der Waals surface area contributed by atoms with Gasteiger partial charge in [0.15, 0.2) is 0 Å². The van der Waals surface area contributed by atoms with Crippen LogP contribution < -0.4 is 10.2 Å². The predicted molar refractivity (Wildman–Crippen MR) is 120 cm³/mol. The molecular weight excluding hydrogens is 398 g/mol. The molecule has 30 heavy (non-hydrogen) atoms. The fourth-order valence-corrected chi connectivity index (χ4v) is 5.56. The quantitative estimate of drug-likeness (QED) is 0.796. The summed E-state index contributed by atoms with van der Waals surface area (Å²) in [7, 11) is -3.20. The normalized spacial score (nSPS) is 19.1. The first-order chi connectivity index (χ1) is 14.4. The number of para-hydroxylation sites is 1. The van der Waals surface area contributed by atoms with Crippen LogP contribution in [0.25, 0.3) is 0 Å². The van der Waals surface area contributed by atoms with Crippen molar-refractivity contribution in [3.8, 4) is 0 Å². The Hall–Kier alpha value is -2.38. The van der Waals surface area contributed by atoms with E-state index < -0.39 is 10.0 Å². The predicted octanol–water partition coefficient (Wildman–Crippen LogP) is 3.17. The van der Waals surface area contributed by atoms with Gasteiger partial charge in [-0.25, -0.2) is 8.42 Å². The molecule has 0 spiro atoms. The van der Waals surface area contributed by atoms with Gasteiger partial charge in [-0.1, -0.05) is 30.3 Å². The molecule has 1 amide bonds. The van der Waals surface area contributed by atoms with E-state index in [2.05, 4.69) is 18.3 Å². The summed E-state index contributed by atoms with van der Waals surface area (Å²) in [6, 6.07) is 14.2. The Balaban J connectivity index is 1.49. The van der Waals surface area contributed by atoms with Crippen LogP contribution in [0, 0.1) is 0 Å². The Labute approximate surface area is 178 Å². The number of nitrogens with one attached hydrogen (secondary N) is 1. The molecule has 0 radical (unpaired) electrons. The van der Waals surface area contributed by atoms with Crippen molar-refractivity contribution in [1.82, 2.24) is 4.31 Å². The van der Waals surface area contributed by atoms with Crippen molar-refractivity contribution < 1.29 is 13.2 Å². The molecule has 6 nitrogen and oxygen atoms in total. The van der Waals surface area contributed by atoms with Gasteiger partial charge in [-0.3, -0.25) is 4.79 Å². The van der Waals surface area contributed by atoms with E-state index >= 15 is 0 Å². The lowest BCUT2D eigenvalue weighted by Gasteiger charge is -2.35. The molecule has 1 atom stereocenters. The number of rotatable bonds is 5. The SMILES string of the molecule is CCS(=O)(=O)N1CCc2c(cccc2NCC(=O)N2c3ccccc3CC[C@@H]2C)C1. The lowest BCUT2D eigenvalue weighted by Crippen LogP contribution is -2.45. The average molecular weight is 428 g/mol. The van der Waals surface area contributed by atoms with Gasteiger partial charge in [0.1, 0.15) is 0 Å². The molecule has 0 unspecified atom stereocenters. The largest absolute Gasteiger partial charge is 0.376 e.